The molecule has 58 heavy (non-hydrogen) atoms. The quantitative estimate of drug-likeness (QED) is 0.0324. The summed E-state index contributed by atoms with van der Waals surface area (Å²) in [4.78, 5) is 26.1. The first-order valence-corrected chi connectivity index (χ1v) is 24.2. The molecule has 0 spiro atoms. The summed E-state index contributed by atoms with van der Waals surface area (Å²) in [5.74, 6) is -0.522. The van der Waals surface area contributed by atoms with Gasteiger partial charge in [0, 0.05) is 6.42 Å². The third kappa shape index (κ3) is 40.1. The van der Waals surface area contributed by atoms with Crippen LogP contribution in [0.4, 0.5) is 0 Å². The van der Waals surface area contributed by atoms with Crippen molar-refractivity contribution in [2.45, 2.75) is 238 Å². The molecule has 6 nitrogen and oxygen atoms in total. The molecule has 3 N–H and O–H groups in total. The predicted octanol–water partition coefficient (Wildman–Crippen LogP) is 14.2. The van der Waals surface area contributed by atoms with Crippen molar-refractivity contribution in [1.29, 1.82) is 0 Å². The molecule has 0 rings (SSSR count). The van der Waals surface area contributed by atoms with E-state index in [1.807, 2.05) is 0 Å². The number of aliphatic hydroxyl groups excluding tert-OH is 2. The Morgan fingerprint density at radius 1 is 0.517 bits per heavy atom. The van der Waals surface area contributed by atoms with E-state index in [0.29, 0.717) is 19.3 Å². The molecule has 0 radical (unpaired) electrons. The van der Waals surface area contributed by atoms with Crippen LogP contribution in [0.1, 0.15) is 220 Å². The lowest BCUT2D eigenvalue weighted by atomic mass is 10.0. The average Bonchev–Trinajstić information content (AvgIpc) is 3.22. The third-order valence-corrected chi connectivity index (χ3v) is 10.7. The number of amides is 1. The second-order valence-corrected chi connectivity index (χ2v) is 16.2. The molecule has 0 aromatic carbocycles. The molecule has 1 amide bonds. The summed E-state index contributed by atoms with van der Waals surface area (Å²) in [6.07, 6.45) is 56.7. The average molecular weight is 810 g/mol. The SMILES string of the molecule is CC/C=C/C=C/C=C\CCCCCCCC(=O)OC(CCCCCCC/C=C/C=C/C=C/CC)CC(=O)NC(CO)C(O)CCCCCCCCCCCCCCC. The maximum absolute atomic E-state index is 13.2. The van der Waals surface area contributed by atoms with Crippen molar-refractivity contribution < 1.29 is 24.5 Å². The first-order valence-electron chi connectivity index (χ1n) is 24.2. The number of esters is 1. The fraction of sp³-hybridized carbons (Fsp3) is 0.731. The van der Waals surface area contributed by atoms with Gasteiger partial charge in [-0.3, -0.25) is 9.59 Å². The normalized spacial score (nSPS) is 13.9. The van der Waals surface area contributed by atoms with Crippen LogP contribution >= 0.6 is 0 Å². The maximum atomic E-state index is 13.2. The minimum absolute atomic E-state index is 0.0526. The van der Waals surface area contributed by atoms with Crippen LogP contribution < -0.4 is 5.32 Å². The van der Waals surface area contributed by atoms with Crippen molar-refractivity contribution in [3.05, 3.63) is 72.9 Å². The van der Waals surface area contributed by atoms with Gasteiger partial charge in [-0.25, -0.2) is 0 Å². The van der Waals surface area contributed by atoms with E-state index in [9.17, 15) is 19.8 Å². The first kappa shape index (κ1) is 55.3. The van der Waals surface area contributed by atoms with E-state index < -0.39 is 18.2 Å². The number of allylic oxidation sites excluding steroid dienone is 12. The van der Waals surface area contributed by atoms with E-state index in [0.717, 1.165) is 109 Å². The van der Waals surface area contributed by atoms with E-state index in [1.54, 1.807) is 0 Å². The van der Waals surface area contributed by atoms with Crippen LogP contribution in [0.25, 0.3) is 0 Å². The van der Waals surface area contributed by atoms with Crippen LogP contribution in [0.2, 0.25) is 0 Å². The predicted molar refractivity (Wildman–Crippen MR) is 250 cm³/mol. The van der Waals surface area contributed by atoms with Crippen LogP contribution in [0.15, 0.2) is 72.9 Å². The number of rotatable bonds is 42. The molecule has 334 valence electrons. The molecule has 0 aliphatic heterocycles. The van der Waals surface area contributed by atoms with Crippen molar-refractivity contribution in [3.8, 4) is 0 Å². The third-order valence-electron chi connectivity index (χ3n) is 10.7. The van der Waals surface area contributed by atoms with Crippen LogP contribution in [0, 0.1) is 0 Å². The van der Waals surface area contributed by atoms with Gasteiger partial charge in [0.25, 0.3) is 0 Å². The zero-order valence-electron chi connectivity index (χ0n) is 37.9. The number of aliphatic hydroxyl groups is 2. The summed E-state index contributed by atoms with van der Waals surface area (Å²) in [5.41, 5.74) is 0. The molecular formula is C52H91NO5. The van der Waals surface area contributed by atoms with Gasteiger partial charge in [-0.1, -0.05) is 216 Å². The minimum Gasteiger partial charge on any atom is -0.462 e. The largest absolute Gasteiger partial charge is 0.462 e. The van der Waals surface area contributed by atoms with Gasteiger partial charge in [-0.05, 0) is 64.2 Å². The number of carbonyl (C=O) groups is 2. The van der Waals surface area contributed by atoms with Crippen LogP contribution in [0.3, 0.4) is 0 Å². The van der Waals surface area contributed by atoms with E-state index >= 15 is 0 Å². The van der Waals surface area contributed by atoms with E-state index in [4.69, 9.17) is 4.74 Å². The van der Waals surface area contributed by atoms with Crippen LogP contribution in [-0.2, 0) is 14.3 Å². The number of hydrogen-bond donors (Lipinski definition) is 3. The molecule has 0 fully saturated rings. The minimum atomic E-state index is -0.799. The lowest BCUT2D eigenvalue weighted by molar-refractivity contribution is -0.151. The molecular weight excluding hydrogens is 719 g/mol. The topological polar surface area (TPSA) is 95.9 Å². The summed E-state index contributed by atoms with van der Waals surface area (Å²) in [6.45, 7) is 6.20. The highest BCUT2D eigenvalue weighted by atomic mass is 16.5. The Morgan fingerprint density at radius 3 is 1.40 bits per heavy atom. The Morgan fingerprint density at radius 2 is 0.931 bits per heavy atom. The molecule has 0 saturated carbocycles. The van der Waals surface area contributed by atoms with E-state index in [-0.39, 0.29) is 24.9 Å². The number of ether oxygens (including phenoxy) is 1. The second kappa shape index (κ2) is 45.4. The van der Waals surface area contributed by atoms with Gasteiger partial charge in [-0.2, -0.15) is 0 Å². The summed E-state index contributed by atoms with van der Waals surface area (Å²) in [6, 6.07) is -0.714. The standard InChI is InChI=1S/C52H91NO5/c1-4-7-10-13-16-19-22-25-28-31-34-37-40-43-48(58-52(57)45-42-39-36-33-30-27-24-21-18-15-12-9-6-3)46-51(56)53-49(47-54)50(55)44-41-38-35-32-29-26-23-20-17-14-11-8-5-2/h7,9-10,12-13,15-16,18-19,21-22,24,48-50,54-55H,4-6,8,11,14,17,20,23,25-47H2,1-3H3,(H,53,56)/b10-7+,12-9+,16-13+,18-15+,22-19+,24-21-. The number of hydrogen-bond acceptors (Lipinski definition) is 5. The Kier molecular flexibility index (Phi) is 43.3. The van der Waals surface area contributed by atoms with Gasteiger partial charge in [-0.15, -0.1) is 0 Å². The Bertz CT molecular complexity index is 1090. The van der Waals surface area contributed by atoms with Gasteiger partial charge < -0.3 is 20.3 Å². The summed E-state index contributed by atoms with van der Waals surface area (Å²) in [5, 5.41) is 23.7. The summed E-state index contributed by atoms with van der Waals surface area (Å²) < 4.78 is 5.90. The van der Waals surface area contributed by atoms with Gasteiger partial charge in [0.2, 0.25) is 5.91 Å². The lowest BCUT2D eigenvalue weighted by Gasteiger charge is -2.24. The van der Waals surface area contributed by atoms with Gasteiger partial charge >= 0.3 is 5.97 Å². The molecule has 0 heterocycles. The Balaban J connectivity index is 4.65. The number of nitrogens with one attached hydrogen (secondary N) is 1. The Hall–Kier alpha value is -2.70. The highest BCUT2D eigenvalue weighted by molar-refractivity contribution is 5.77. The smallest absolute Gasteiger partial charge is 0.306 e. The van der Waals surface area contributed by atoms with Crippen molar-refractivity contribution in [1.82, 2.24) is 5.32 Å². The maximum Gasteiger partial charge on any atom is 0.306 e. The van der Waals surface area contributed by atoms with Gasteiger partial charge in [0.15, 0.2) is 0 Å². The molecule has 3 atom stereocenters. The van der Waals surface area contributed by atoms with Crippen molar-refractivity contribution in [3.63, 3.8) is 0 Å². The molecule has 0 saturated heterocycles. The first-order chi connectivity index (χ1) is 28.5. The fourth-order valence-electron chi connectivity index (χ4n) is 7.02. The van der Waals surface area contributed by atoms with Gasteiger partial charge in [0.05, 0.1) is 25.2 Å². The highest BCUT2D eigenvalue weighted by Crippen LogP contribution is 2.17. The second-order valence-electron chi connectivity index (χ2n) is 16.2. The van der Waals surface area contributed by atoms with Crippen molar-refractivity contribution >= 4 is 11.9 Å². The molecule has 0 aliphatic rings. The highest BCUT2D eigenvalue weighted by Gasteiger charge is 2.24. The summed E-state index contributed by atoms with van der Waals surface area (Å²) >= 11 is 0. The molecule has 0 bridgehead atoms. The molecule has 0 aliphatic carbocycles. The molecule has 0 aromatic rings. The van der Waals surface area contributed by atoms with E-state index in [1.165, 1.54) is 64.2 Å². The fourth-order valence-corrected chi connectivity index (χ4v) is 7.02. The zero-order chi connectivity index (χ0) is 42.4. The zero-order valence-corrected chi connectivity index (χ0v) is 37.9. The Labute approximate surface area is 358 Å². The van der Waals surface area contributed by atoms with Crippen LogP contribution in [0.5, 0.6) is 0 Å². The summed E-state index contributed by atoms with van der Waals surface area (Å²) in [7, 11) is 0. The monoisotopic (exact) mass is 810 g/mol. The van der Waals surface area contributed by atoms with Crippen LogP contribution in [-0.4, -0.2) is 46.9 Å². The van der Waals surface area contributed by atoms with Gasteiger partial charge in [0.1, 0.15) is 6.10 Å². The van der Waals surface area contributed by atoms with E-state index in [2.05, 4.69) is 99.0 Å². The number of carbonyl (C=O) groups excluding carboxylic acids is 2. The molecule has 6 heteroatoms. The molecule has 0 aromatic heterocycles. The lowest BCUT2D eigenvalue weighted by Crippen LogP contribution is -2.46. The molecule has 3 unspecified atom stereocenters. The van der Waals surface area contributed by atoms with Crippen molar-refractivity contribution in [2.75, 3.05) is 6.61 Å². The number of unbranched alkanes of at least 4 members (excludes halogenated alkanes) is 22. The van der Waals surface area contributed by atoms with Crippen molar-refractivity contribution in [2.24, 2.45) is 0 Å².